The first-order valence-corrected chi connectivity index (χ1v) is 5.89. The molecule has 1 amide bonds. The summed E-state index contributed by atoms with van der Waals surface area (Å²) in [5.41, 5.74) is 1.39. The molecule has 1 aromatic heterocycles. The zero-order chi connectivity index (χ0) is 15.6. The number of aromatic hydroxyl groups is 1. The summed E-state index contributed by atoms with van der Waals surface area (Å²) in [6.45, 7) is 1.43. The predicted molar refractivity (Wildman–Crippen MR) is 69.7 cm³/mol. The predicted octanol–water partition coefficient (Wildman–Crippen LogP) is 1.58. The molecule has 0 aliphatic carbocycles. The Labute approximate surface area is 118 Å². The van der Waals surface area contributed by atoms with Crippen LogP contribution in [0, 0.1) is 12.7 Å². The van der Waals surface area contributed by atoms with Gasteiger partial charge in [0.25, 0.3) is 5.91 Å². The van der Waals surface area contributed by atoms with Crippen LogP contribution < -0.4 is 5.48 Å². The highest BCUT2D eigenvalue weighted by Crippen LogP contribution is 2.25. The number of pyridine rings is 1. The number of ketones is 1. The van der Waals surface area contributed by atoms with E-state index >= 15 is 0 Å². The fraction of sp³-hybridized carbons (Fsp3) is 0.0714. The molecule has 0 aliphatic heterocycles. The highest BCUT2D eigenvalue weighted by atomic mass is 19.1. The summed E-state index contributed by atoms with van der Waals surface area (Å²) in [6.07, 6.45) is 1.12. The highest BCUT2D eigenvalue weighted by molar-refractivity contribution is 6.10. The van der Waals surface area contributed by atoms with E-state index in [1.807, 2.05) is 0 Å². The Hall–Kier alpha value is -2.80. The Morgan fingerprint density at radius 3 is 2.43 bits per heavy atom. The van der Waals surface area contributed by atoms with Crippen molar-refractivity contribution in [2.45, 2.75) is 6.92 Å². The average Bonchev–Trinajstić information content (AvgIpc) is 2.49. The van der Waals surface area contributed by atoms with Gasteiger partial charge in [0.2, 0.25) is 0 Å². The van der Waals surface area contributed by atoms with Crippen LogP contribution in [0.2, 0.25) is 0 Å². The van der Waals surface area contributed by atoms with E-state index < -0.39 is 29.0 Å². The molecule has 6 nitrogen and oxygen atoms in total. The number of hydroxylamine groups is 1. The van der Waals surface area contributed by atoms with E-state index in [2.05, 4.69) is 4.98 Å². The van der Waals surface area contributed by atoms with Crippen molar-refractivity contribution in [2.75, 3.05) is 0 Å². The highest BCUT2D eigenvalue weighted by Gasteiger charge is 2.20. The lowest BCUT2D eigenvalue weighted by atomic mass is 9.99. The second-order valence-corrected chi connectivity index (χ2v) is 4.27. The van der Waals surface area contributed by atoms with Gasteiger partial charge in [0.05, 0.1) is 0 Å². The van der Waals surface area contributed by atoms with Crippen molar-refractivity contribution in [1.82, 2.24) is 10.5 Å². The lowest BCUT2D eigenvalue weighted by Crippen LogP contribution is -2.21. The van der Waals surface area contributed by atoms with Gasteiger partial charge in [-0.2, -0.15) is 0 Å². The van der Waals surface area contributed by atoms with Gasteiger partial charge in [-0.3, -0.25) is 14.8 Å². The minimum absolute atomic E-state index is 0.0774. The van der Waals surface area contributed by atoms with Gasteiger partial charge in [-0.15, -0.1) is 0 Å². The fourth-order valence-corrected chi connectivity index (χ4v) is 1.80. The molecule has 0 radical (unpaired) electrons. The standard InChI is InChI=1S/C14H11FN2O4/c1-7-10(6-16-11(12(7)18)14(20)17-21)13(19)8-2-4-9(15)5-3-8/h2-6,18,21H,1H3,(H,17,20). The lowest BCUT2D eigenvalue weighted by Gasteiger charge is -2.09. The Balaban J connectivity index is 2.45. The number of rotatable bonds is 3. The van der Waals surface area contributed by atoms with Gasteiger partial charge >= 0.3 is 0 Å². The molecule has 1 heterocycles. The quantitative estimate of drug-likeness (QED) is 0.453. The third-order valence-corrected chi connectivity index (χ3v) is 2.97. The number of benzene rings is 1. The molecule has 2 aromatic rings. The van der Waals surface area contributed by atoms with Crippen LogP contribution in [0.1, 0.15) is 32.0 Å². The van der Waals surface area contributed by atoms with Crippen LogP contribution in [-0.2, 0) is 0 Å². The van der Waals surface area contributed by atoms with Crippen molar-refractivity contribution in [2.24, 2.45) is 0 Å². The first-order chi connectivity index (χ1) is 9.95. The van der Waals surface area contributed by atoms with Gasteiger partial charge in [-0.05, 0) is 31.2 Å². The van der Waals surface area contributed by atoms with Crippen molar-refractivity contribution in [3.8, 4) is 5.75 Å². The Morgan fingerprint density at radius 1 is 1.24 bits per heavy atom. The zero-order valence-electron chi connectivity index (χ0n) is 10.9. The monoisotopic (exact) mass is 290 g/mol. The van der Waals surface area contributed by atoms with E-state index in [1.165, 1.54) is 24.5 Å². The van der Waals surface area contributed by atoms with E-state index in [1.54, 1.807) is 0 Å². The molecular weight excluding hydrogens is 279 g/mol. The van der Waals surface area contributed by atoms with Crippen LogP contribution in [0.4, 0.5) is 4.39 Å². The molecule has 1 aromatic carbocycles. The molecule has 0 aliphatic rings. The number of carbonyl (C=O) groups excluding carboxylic acids is 2. The van der Waals surface area contributed by atoms with Gasteiger partial charge < -0.3 is 5.11 Å². The zero-order valence-corrected chi connectivity index (χ0v) is 10.9. The third-order valence-electron chi connectivity index (χ3n) is 2.97. The minimum Gasteiger partial charge on any atom is -0.505 e. The Kier molecular flexibility index (Phi) is 3.95. The molecule has 0 atom stereocenters. The van der Waals surface area contributed by atoms with E-state index in [9.17, 15) is 19.1 Å². The lowest BCUT2D eigenvalue weighted by molar-refractivity contribution is 0.0697. The average molecular weight is 290 g/mol. The van der Waals surface area contributed by atoms with Gasteiger partial charge in [0.1, 0.15) is 5.82 Å². The van der Waals surface area contributed by atoms with Gasteiger partial charge in [0, 0.05) is 22.9 Å². The van der Waals surface area contributed by atoms with Crippen LogP contribution in [0.15, 0.2) is 30.5 Å². The summed E-state index contributed by atoms with van der Waals surface area (Å²) in [4.78, 5) is 27.2. The van der Waals surface area contributed by atoms with Crippen LogP contribution in [0.25, 0.3) is 0 Å². The Morgan fingerprint density at radius 2 is 1.86 bits per heavy atom. The summed E-state index contributed by atoms with van der Waals surface area (Å²) in [7, 11) is 0. The van der Waals surface area contributed by atoms with Crippen LogP contribution in [0.3, 0.4) is 0 Å². The summed E-state index contributed by atoms with van der Waals surface area (Å²) in [6, 6.07) is 4.90. The maximum absolute atomic E-state index is 12.8. The number of aromatic nitrogens is 1. The number of halogens is 1. The van der Waals surface area contributed by atoms with E-state index in [0.29, 0.717) is 0 Å². The third kappa shape index (κ3) is 2.72. The second kappa shape index (κ2) is 5.68. The van der Waals surface area contributed by atoms with Gasteiger partial charge in [-0.1, -0.05) is 0 Å². The molecule has 7 heteroatoms. The molecule has 2 rings (SSSR count). The van der Waals surface area contributed by atoms with E-state index in [0.717, 1.165) is 18.3 Å². The number of nitrogens with one attached hydrogen (secondary N) is 1. The maximum atomic E-state index is 12.8. The SMILES string of the molecule is Cc1c(C(=O)c2ccc(F)cc2)cnc(C(=O)NO)c1O. The minimum atomic E-state index is -0.989. The normalized spacial score (nSPS) is 10.2. The first kappa shape index (κ1) is 14.6. The van der Waals surface area contributed by atoms with E-state index in [-0.39, 0.29) is 16.7 Å². The maximum Gasteiger partial charge on any atom is 0.297 e. The summed E-state index contributed by atoms with van der Waals surface area (Å²) in [5, 5.41) is 18.4. The topological polar surface area (TPSA) is 99.5 Å². The smallest absolute Gasteiger partial charge is 0.297 e. The van der Waals surface area contributed by atoms with Crippen LogP contribution in [-0.4, -0.2) is 27.0 Å². The van der Waals surface area contributed by atoms with Crippen molar-refractivity contribution in [1.29, 1.82) is 0 Å². The molecule has 0 spiro atoms. The van der Waals surface area contributed by atoms with Crippen molar-refractivity contribution < 1.29 is 24.3 Å². The summed E-state index contributed by atoms with van der Waals surface area (Å²) < 4.78 is 12.8. The summed E-state index contributed by atoms with van der Waals surface area (Å²) in [5.74, 6) is -2.43. The fourth-order valence-electron chi connectivity index (χ4n) is 1.80. The van der Waals surface area contributed by atoms with Crippen molar-refractivity contribution >= 4 is 11.7 Å². The molecule has 0 unspecified atom stereocenters. The molecule has 108 valence electrons. The number of nitrogens with zero attached hydrogens (tertiary/aromatic N) is 1. The van der Waals surface area contributed by atoms with Gasteiger partial charge in [-0.25, -0.2) is 14.9 Å². The molecule has 0 saturated carbocycles. The molecule has 0 saturated heterocycles. The van der Waals surface area contributed by atoms with E-state index in [4.69, 9.17) is 5.21 Å². The second-order valence-electron chi connectivity index (χ2n) is 4.27. The molecule has 0 fully saturated rings. The number of hydrogen-bond donors (Lipinski definition) is 3. The number of amides is 1. The first-order valence-electron chi connectivity index (χ1n) is 5.89. The molecular formula is C14H11FN2O4. The Bertz CT molecular complexity index is 714. The molecule has 21 heavy (non-hydrogen) atoms. The summed E-state index contributed by atoms with van der Waals surface area (Å²) >= 11 is 0. The van der Waals surface area contributed by atoms with Crippen molar-refractivity contribution in [3.63, 3.8) is 0 Å². The number of hydrogen-bond acceptors (Lipinski definition) is 5. The number of carbonyl (C=O) groups is 2. The largest absolute Gasteiger partial charge is 0.505 e. The molecule has 3 N–H and O–H groups in total. The van der Waals surface area contributed by atoms with Crippen LogP contribution >= 0.6 is 0 Å². The van der Waals surface area contributed by atoms with Gasteiger partial charge in [0.15, 0.2) is 17.2 Å². The van der Waals surface area contributed by atoms with Crippen LogP contribution in [0.5, 0.6) is 5.75 Å². The van der Waals surface area contributed by atoms with Crippen molar-refractivity contribution in [3.05, 3.63) is 58.7 Å². The molecule has 0 bridgehead atoms.